The van der Waals surface area contributed by atoms with Crippen LogP contribution in [0.15, 0.2) is 30.5 Å². The van der Waals surface area contributed by atoms with E-state index in [4.69, 9.17) is 9.47 Å². The van der Waals surface area contributed by atoms with Gasteiger partial charge in [0.15, 0.2) is 0 Å². The number of benzene rings is 1. The van der Waals surface area contributed by atoms with Crippen molar-refractivity contribution in [2.75, 3.05) is 19.8 Å². The maximum Gasteiger partial charge on any atom is 0.253 e. The number of aryl methyl sites for hydroxylation is 1. The summed E-state index contributed by atoms with van der Waals surface area (Å²) in [5.41, 5.74) is 1.77. The van der Waals surface area contributed by atoms with Crippen molar-refractivity contribution in [3.05, 3.63) is 36.0 Å². The predicted octanol–water partition coefficient (Wildman–Crippen LogP) is 2.49. The Labute approximate surface area is 141 Å². The van der Waals surface area contributed by atoms with Gasteiger partial charge < -0.3 is 19.4 Å². The Hall–Kier alpha value is -1.85. The lowest BCUT2D eigenvalue weighted by Gasteiger charge is -2.32. The molecule has 1 aromatic carbocycles. The summed E-state index contributed by atoms with van der Waals surface area (Å²) in [6.07, 6.45) is 5.34. The van der Waals surface area contributed by atoms with Crippen molar-refractivity contribution in [1.82, 2.24) is 9.88 Å². The molecule has 2 fully saturated rings. The van der Waals surface area contributed by atoms with Crippen LogP contribution in [0.1, 0.15) is 29.6 Å². The van der Waals surface area contributed by atoms with Crippen LogP contribution in [0, 0.1) is 5.92 Å². The Morgan fingerprint density at radius 3 is 3.00 bits per heavy atom. The Bertz CT molecular complexity index is 735. The molecule has 0 spiro atoms. The van der Waals surface area contributed by atoms with Crippen molar-refractivity contribution in [1.29, 1.82) is 0 Å². The molecular formula is C19H24N2O3. The van der Waals surface area contributed by atoms with Crippen molar-refractivity contribution in [2.24, 2.45) is 13.0 Å². The summed E-state index contributed by atoms with van der Waals surface area (Å²) in [6, 6.07) is 7.88. The maximum absolute atomic E-state index is 12.8. The van der Waals surface area contributed by atoms with Crippen LogP contribution in [-0.2, 0) is 16.5 Å². The SMILES string of the molecule is Cn1cc(C(=O)N[C@@H]2COCC[C@@H]2OCC2CC2)c2ccccc21. The van der Waals surface area contributed by atoms with E-state index in [1.807, 2.05) is 42.1 Å². The van der Waals surface area contributed by atoms with Crippen LogP contribution in [0.25, 0.3) is 10.9 Å². The zero-order chi connectivity index (χ0) is 16.5. The summed E-state index contributed by atoms with van der Waals surface area (Å²) in [6.45, 7) is 2.03. The van der Waals surface area contributed by atoms with Crippen molar-refractivity contribution in [3.63, 3.8) is 0 Å². The van der Waals surface area contributed by atoms with E-state index in [0.717, 1.165) is 29.8 Å². The van der Waals surface area contributed by atoms with Gasteiger partial charge in [-0.25, -0.2) is 0 Å². The summed E-state index contributed by atoms with van der Waals surface area (Å²) >= 11 is 0. The summed E-state index contributed by atoms with van der Waals surface area (Å²) in [7, 11) is 1.96. The monoisotopic (exact) mass is 328 g/mol. The number of hydrogen-bond acceptors (Lipinski definition) is 3. The Morgan fingerprint density at radius 2 is 2.17 bits per heavy atom. The van der Waals surface area contributed by atoms with Crippen LogP contribution in [-0.4, -0.2) is 42.4 Å². The third-order valence-corrected chi connectivity index (χ3v) is 4.99. The van der Waals surface area contributed by atoms with E-state index in [2.05, 4.69) is 5.32 Å². The first kappa shape index (κ1) is 15.7. The number of aromatic nitrogens is 1. The van der Waals surface area contributed by atoms with Crippen LogP contribution in [0.5, 0.6) is 0 Å². The lowest BCUT2D eigenvalue weighted by molar-refractivity contribution is -0.0567. The molecule has 0 unspecified atom stereocenters. The molecule has 2 aromatic rings. The quantitative estimate of drug-likeness (QED) is 0.917. The van der Waals surface area contributed by atoms with Crippen molar-refractivity contribution >= 4 is 16.8 Å². The molecule has 1 aromatic heterocycles. The van der Waals surface area contributed by atoms with Gasteiger partial charge in [0.2, 0.25) is 0 Å². The van der Waals surface area contributed by atoms with Gasteiger partial charge in [0.1, 0.15) is 0 Å². The molecule has 1 aliphatic heterocycles. The van der Waals surface area contributed by atoms with Gasteiger partial charge in [-0.3, -0.25) is 4.79 Å². The van der Waals surface area contributed by atoms with Gasteiger partial charge in [-0.1, -0.05) is 18.2 Å². The van der Waals surface area contributed by atoms with E-state index in [-0.39, 0.29) is 18.1 Å². The Kier molecular flexibility index (Phi) is 4.29. The van der Waals surface area contributed by atoms with Gasteiger partial charge >= 0.3 is 0 Å². The third kappa shape index (κ3) is 3.19. The number of carbonyl (C=O) groups excluding carboxylic acids is 1. The summed E-state index contributed by atoms with van der Waals surface area (Å²) < 4.78 is 13.6. The van der Waals surface area contributed by atoms with Gasteiger partial charge in [-0.05, 0) is 31.2 Å². The van der Waals surface area contributed by atoms with Crippen LogP contribution in [0.2, 0.25) is 0 Å². The highest BCUT2D eigenvalue weighted by molar-refractivity contribution is 6.07. The minimum absolute atomic E-state index is 0.0534. The lowest BCUT2D eigenvalue weighted by atomic mass is 10.1. The van der Waals surface area contributed by atoms with E-state index >= 15 is 0 Å². The number of para-hydroxylation sites is 1. The minimum atomic E-state index is -0.0797. The fourth-order valence-electron chi connectivity index (χ4n) is 3.37. The molecule has 0 bridgehead atoms. The molecule has 0 radical (unpaired) electrons. The number of ether oxygens (including phenoxy) is 2. The molecule has 2 atom stereocenters. The largest absolute Gasteiger partial charge is 0.379 e. The molecule has 128 valence electrons. The molecule has 4 rings (SSSR count). The van der Waals surface area contributed by atoms with E-state index in [0.29, 0.717) is 18.8 Å². The summed E-state index contributed by atoms with van der Waals surface area (Å²) in [5, 5.41) is 4.11. The highest BCUT2D eigenvalue weighted by Gasteiger charge is 2.31. The first-order valence-electron chi connectivity index (χ1n) is 8.76. The van der Waals surface area contributed by atoms with Gasteiger partial charge in [0.25, 0.3) is 5.91 Å². The number of nitrogens with one attached hydrogen (secondary N) is 1. The van der Waals surface area contributed by atoms with Crippen molar-refractivity contribution < 1.29 is 14.3 Å². The third-order valence-electron chi connectivity index (χ3n) is 4.99. The number of hydrogen-bond donors (Lipinski definition) is 1. The second-order valence-electron chi connectivity index (χ2n) is 6.93. The molecule has 5 heteroatoms. The van der Waals surface area contributed by atoms with Crippen LogP contribution < -0.4 is 5.32 Å². The smallest absolute Gasteiger partial charge is 0.253 e. The van der Waals surface area contributed by atoms with Gasteiger partial charge in [-0.2, -0.15) is 0 Å². The summed E-state index contributed by atoms with van der Waals surface area (Å²) in [5.74, 6) is 0.671. The number of rotatable bonds is 5. The normalized spacial score (nSPS) is 24.2. The fraction of sp³-hybridized carbons (Fsp3) is 0.526. The number of amides is 1. The van der Waals surface area contributed by atoms with Gasteiger partial charge in [0.05, 0.1) is 24.3 Å². The van der Waals surface area contributed by atoms with Gasteiger partial charge in [0, 0.05) is 37.4 Å². The molecule has 24 heavy (non-hydrogen) atoms. The predicted molar refractivity (Wildman–Crippen MR) is 92.1 cm³/mol. The molecule has 1 N–H and O–H groups in total. The maximum atomic E-state index is 12.8. The lowest BCUT2D eigenvalue weighted by Crippen LogP contribution is -2.50. The topological polar surface area (TPSA) is 52.5 Å². The van der Waals surface area contributed by atoms with E-state index in [1.165, 1.54) is 12.8 Å². The Balaban J connectivity index is 1.48. The van der Waals surface area contributed by atoms with Crippen LogP contribution in [0.3, 0.4) is 0 Å². The van der Waals surface area contributed by atoms with Crippen molar-refractivity contribution in [2.45, 2.75) is 31.4 Å². The molecule has 1 saturated carbocycles. The number of carbonyl (C=O) groups is 1. The molecule has 1 amide bonds. The highest BCUT2D eigenvalue weighted by atomic mass is 16.5. The van der Waals surface area contributed by atoms with E-state index in [9.17, 15) is 4.79 Å². The molecular weight excluding hydrogens is 304 g/mol. The second kappa shape index (κ2) is 6.57. The van der Waals surface area contributed by atoms with Crippen LogP contribution >= 0.6 is 0 Å². The number of fused-ring (bicyclic) bond motifs is 1. The zero-order valence-corrected chi connectivity index (χ0v) is 14.0. The standard InChI is InChI=1S/C19H24N2O3/c1-21-10-15(14-4-2-3-5-17(14)21)19(22)20-16-12-23-9-8-18(16)24-11-13-6-7-13/h2-5,10,13,16,18H,6-9,11-12H2,1H3,(H,20,22)/t16-,18+/m1/s1. The molecule has 2 aliphatic rings. The minimum Gasteiger partial charge on any atom is -0.379 e. The van der Waals surface area contributed by atoms with Crippen molar-refractivity contribution in [3.8, 4) is 0 Å². The molecule has 5 nitrogen and oxygen atoms in total. The van der Waals surface area contributed by atoms with Crippen LogP contribution in [0.4, 0.5) is 0 Å². The first-order valence-corrected chi connectivity index (χ1v) is 8.76. The second-order valence-corrected chi connectivity index (χ2v) is 6.93. The molecule has 1 saturated heterocycles. The Morgan fingerprint density at radius 1 is 1.33 bits per heavy atom. The highest BCUT2D eigenvalue weighted by Crippen LogP contribution is 2.30. The average molecular weight is 328 g/mol. The molecule has 2 heterocycles. The fourth-order valence-corrected chi connectivity index (χ4v) is 3.37. The van der Waals surface area contributed by atoms with Gasteiger partial charge in [-0.15, -0.1) is 0 Å². The van der Waals surface area contributed by atoms with E-state index in [1.54, 1.807) is 0 Å². The summed E-state index contributed by atoms with van der Waals surface area (Å²) in [4.78, 5) is 12.8. The van der Waals surface area contributed by atoms with E-state index < -0.39 is 0 Å². The average Bonchev–Trinajstić information content (AvgIpc) is 3.37. The zero-order valence-electron chi connectivity index (χ0n) is 14.0. The number of nitrogens with zero attached hydrogens (tertiary/aromatic N) is 1. The molecule has 1 aliphatic carbocycles. The first-order chi connectivity index (χ1) is 11.7.